The zero-order valence-corrected chi connectivity index (χ0v) is 10.8. The van der Waals surface area contributed by atoms with E-state index in [1.165, 1.54) is 13.2 Å². The van der Waals surface area contributed by atoms with E-state index >= 15 is 0 Å². The van der Waals surface area contributed by atoms with Crippen LogP contribution in [-0.2, 0) is 6.54 Å². The van der Waals surface area contributed by atoms with Crippen LogP contribution in [-0.4, -0.2) is 18.7 Å². The van der Waals surface area contributed by atoms with Crippen LogP contribution < -0.4 is 14.8 Å². The average molecular weight is 280 g/mol. The van der Waals surface area contributed by atoms with Gasteiger partial charge >= 0.3 is 6.61 Å². The molecule has 0 atom stereocenters. The number of anilines is 1. The first-order valence-corrected chi connectivity index (χ1v) is 5.96. The zero-order valence-electron chi connectivity index (χ0n) is 10.8. The van der Waals surface area contributed by atoms with Crippen molar-refractivity contribution < 1.29 is 18.3 Å². The number of pyridine rings is 1. The van der Waals surface area contributed by atoms with E-state index < -0.39 is 6.61 Å². The number of alkyl halides is 2. The van der Waals surface area contributed by atoms with Crippen molar-refractivity contribution in [2.24, 2.45) is 0 Å². The van der Waals surface area contributed by atoms with E-state index in [4.69, 9.17) is 4.74 Å². The molecule has 0 bridgehead atoms. The fourth-order valence-electron chi connectivity index (χ4n) is 1.74. The van der Waals surface area contributed by atoms with Crippen LogP contribution in [0.25, 0.3) is 0 Å². The van der Waals surface area contributed by atoms with Gasteiger partial charge in [-0.1, -0.05) is 18.2 Å². The summed E-state index contributed by atoms with van der Waals surface area (Å²) >= 11 is 0. The van der Waals surface area contributed by atoms with Crippen LogP contribution in [0.1, 0.15) is 5.56 Å². The van der Waals surface area contributed by atoms with Crippen LogP contribution in [0.15, 0.2) is 42.6 Å². The van der Waals surface area contributed by atoms with Crippen molar-refractivity contribution in [1.29, 1.82) is 0 Å². The molecule has 0 radical (unpaired) electrons. The Labute approximate surface area is 115 Å². The third-order valence-corrected chi connectivity index (χ3v) is 2.62. The maximum atomic E-state index is 12.3. The molecular weight excluding hydrogens is 266 g/mol. The monoisotopic (exact) mass is 280 g/mol. The number of rotatable bonds is 6. The second-order valence-electron chi connectivity index (χ2n) is 3.90. The standard InChI is InChI=1S/C14H14F2N2O2/c1-19-13-11(6-4-8-17-13)18-9-10-5-2-3-7-12(10)20-14(15)16/h2-8,14,18H,9H2,1H3. The molecule has 0 saturated heterocycles. The molecule has 0 spiro atoms. The van der Waals surface area contributed by atoms with Crippen molar-refractivity contribution in [1.82, 2.24) is 4.98 Å². The van der Waals surface area contributed by atoms with Crippen LogP contribution in [0.2, 0.25) is 0 Å². The lowest BCUT2D eigenvalue weighted by molar-refractivity contribution is -0.0504. The van der Waals surface area contributed by atoms with Crippen molar-refractivity contribution in [2.45, 2.75) is 13.2 Å². The molecule has 106 valence electrons. The van der Waals surface area contributed by atoms with Gasteiger partial charge in [0, 0.05) is 18.3 Å². The van der Waals surface area contributed by atoms with Crippen LogP contribution in [0, 0.1) is 0 Å². The lowest BCUT2D eigenvalue weighted by Crippen LogP contribution is -2.07. The highest BCUT2D eigenvalue weighted by atomic mass is 19.3. The van der Waals surface area contributed by atoms with Gasteiger partial charge in [0.05, 0.1) is 12.8 Å². The normalized spacial score (nSPS) is 10.4. The minimum Gasteiger partial charge on any atom is -0.480 e. The number of hydrogen-bond acceptors (Lipinski definition) is 4. The molecule has 0 aliphatic heterocycles. The summed E-state index contributed by atoms with van der Waals surface area (Å²) in [4.78, 5) is 4.04. The second kappa shape index (κ2) is 6.70. The van der Waals surface area contributed by atoms with Crippen LogP contribution in [0.4, 0.5) is 14.5 Å². The van der Waals surface area contributed by atoms with Gasteiger partial charge in [0.1, 0.15) is 5.75 Å². The lowest BCUT2D eigenvalue weighted by Gasteiger charge is -2.13. The quantitative estimate of drug-likeness (QED) is 0.881. The number of halogens is 2. The third-order valence-electron chi connectivity index (χ3n) is 2.62. The second-order valence-corrected chi connectivity index (χ2v) is 3.90. The van der Waals surface area contributed by atoms with Gasteiger partial charge in [-0.05, 0) is 18.2 Å². The number of benzene rings is 1. The Balaban J connectivity index is 2.11. The predicted molar refractivity (Wildman–Crippen MR) is 71.2 cm³/mol. The highest BCUT2D eigenvalue weighted by Crippen LogP contribution is 2.24. The summed E-state index contributed by atoms with van der Waals surface area (Å²) in [6.45, 7) is -2.52. The van der Waals surface area contributed by atoms with E-state index in [0.29, 0.717) is 23.7 Å². The minimum absolute atomic E-state index is 0.151. The number of para-hydroxylation sites is 1. The fourth-order valence-corrected chi connectivity index (χ4v) is 1.74. The molecule has 1 aromatic carbocycles. The Hall–Kier alpha value is -2.37. The minimum atomic E-state index is -2.84. The molecule has 2 aromatic rings. The van der Waals surface area contributed by atoms with E-state index in [1.807, 2.05) is 0 Å². The van der Waals surface area contributed by atoms with Crippen LogP contribution >= 0.6 is 0 Å². The molecule has 0 fully saturated rings. The van der Waals surface area contributed by atoms with Crippen molar-refractivity contribution in [3.63, 3.8) is 0 Å². The Morgan fingerprint density at radius 2 is 2.00 bits per heavy atom. The van der Waals surface area contributed by atoms with Gasteiger partial charge in [0.2, 0.25) is 5.88 Å². The maximum Gasteiger partial charge on any atom is 0.387 e. The highest BCUT2D eigenvalue weighted by Gasteiger charge is 2.09. The van der Waals surface area contributed by atoms with E-state index in [9.17, 15) is 8.78 Å². The molecule has 0 unspecified atom stereocenters. The molecule has 4 nitrogen and oxygen atoms in total. The summed E-state index contributed by atoms with van der Waals surface area (Å²) < 4.78 is 34.2. The molecule has 0 amide bonds. The number of aromatic nitrogens is 1. The van der Waals surface area contributed by atoms with Crippen molar-refractivity contribution in [3.05, 3.63) is 48.2 Å². The van der Waals surface area contributed by atoms with Gasteiger partial charge in [-0.15, -0.1) is 0 Å². The summed E-state index contributed by atoms with van der Waals surface area (Å²) in [5.41, 5.74) is 1.31. The van der Waals surface area contributed by atoms with E-state index in [-0.39, 0.29) is 5.75 Å². The molecule has 0 saturated carbocycles. The van der Waals surface area contributed by atoms with Crippen LogP contribution in [0.3, 0.4) is 0 Å². The molecule has 1 aromatic heterocycles. The third kappa shape index (κ3) is 3.57. The largest absolute Gasteiger partial charge is 0.480 e. The van der Waals surface area contributed by atoms with E-state index in [1.54, 1.807) is 36.5 Å². The molecular formula is C14H14F2N2O2. The fraction of sp³-hybridized carbons (Fsp3) is 0.214. The van der Waals surface area contributed by atoms with Gasteiger partial charge in [0.15, 0.2) is 0 Å². The van der Waals surface area contributed by atoms with Gasteiger partial charge in [-0.3, -0.25) is 0 Å². The average Bonchev–Trinajstić information content (AvgIpc) is 2.46. The molecule has 0 aliphatic rings. The molecule has 1 heterocycles. The number of methoxy groups -OCH3 is 1. The lowest BCUT2D eigenvalue weighted by atomic mass is 10.2. The molecule has 20 heavy (non-hydrogen) atoms. The zero-order chi connectivity index (χ0) is 14.4. The Morgan fingerprint density at radius 3 is 2.75 bits per heavy atom. The van der Waals surface area contributed by atoms with E-state index in [2.05, 4.69) is 15.0 Å². The summed E-state index contributed by atoms with van der Waals surface area (Å²) in [5, 5.41) is 3.08. The molecule has 2 rings (SSSR count). The number of nitrogens with one attached hydrogen (secondary N) is 1. The van der Waals surface area contributed by atoms with Crippen molar-refractivity contribution in [3.8, 4) is 11.6 Å². The first-order valence-electron chi connectivity index (χ1n) is 5.96. The summed E-state index contributed by atoms with van der Waals surface area (Å²) in [7, 11) is 1.52. The summed E-state index contributed by atoms with van der Waals surface area (Å²) in [6, 6.07) is 10.2. The molecule has 1 N–H and O–H groups in total. The predicted octanol–water partition coefficient (Wildman–Crippen LogP) is 3.30. The number of nitrogens with zero attached hydrogens (tertiary/aromatic N) is 1. The summed E-state index contributed by atoms with van der Waals surface area (Å²) in [5.74, 6) is 0.595. The molecule has 0 aliphatic carbocycles. The Bertz CT molecular complexity index is 564. The van der Waals surface area contributed by atoms with Gasteiger partial charge < -0.3 is 14.8 Å². The summed E-state index contributed by atoms with van der Waals surface area (Å²) in [6.07, 6.45) is 1.61. The van der Waals surface area contributed by atoms with Gasteiger partial charge in [-0.25, -0.2) is 4.98 Å². The highest BCUT2D eigenvalue weighted by molar-refractivity contribution is 5.52. The first kappa shape index (κ1) is 14.0. The number of hydrogen-bond donors (Lipinski definition) is 1. The topological polar surface area (TPSA) is 43.4 Å². The Morgan fingerprint density at radius 1 is 1.20 bits per heavy atom. The van der Waals surface area contributed by atoms with Crippen molar-refractivity contribution >= 4 is 5.69 Å². The van der Waals surface area contributed by atoms with E-state index in [0.717, 1.165) is 0 Å². The van der Waals surface area contributed by atoms with Gasteiger partial charge in [0.25, 0.3) is 0 Å². The number of ether oxygens (including phenoxy) is 2. The van der Waals surface area contributed by atoms with Crippen molar-refractivity contribution in [2.75, 3.05) is 12.4 Å². The smallest absolute Gasteiger partial charge is 0.387 e. The molecule has 6 heteroatoms. The first-order chi connectivity index (χ1) is 9.70. The van der Waals surface area contributed by atoms with Crippen LogP contribution in [0.5, 0.6) is 11.6 Å². The maximum absolute atomic E-state index is 12.3. The SMILES string of the molecule is COc1ncccc1NCc1ccccc1OC(F)F. The van der Waals surface area contributed by atoms with Gasteiger partial charge in [-0.2, -0.15) is 8.78 Å². The Kier molecular flexibility index (Phi) is 4.70.